The molecule has 0 aliphatic carbocycles. The van der Waals surface area contributed by atoms with Crippen molar-refractivity contribution in [1.29, 1.82) is 5.16 Å². The molecule has 0 spiro atoms. The Morgan fingerprint density at radius 2 is 0.426 bits per heavy atom. The van der Waals surface area contributed by atoms with Gasteiger partial charge in [-0.05, 0) is 156 Å². The molecule has 0 saturated heterocycles. The van der Waals surface area contributed by atoms with Crippen molar-refractivity contribution < 1.29 is 28.4 Å². The molecule has 0 saturated carbocycles. The number of nitrogens with one attached hydrogen (secondary N) is 1. The van der Waals surface area contributed by atoms with Crippen molar-refractivity contribution in [3.8, 4) is 0 Å². The summed E-state index contributed by atoms with van der Waals surface area (Å²) in [6.07, 6.45) is 32.4. The normalized spacial score (nSPS) is 11.5. The lowest BCUT2D eigenvalue weighted by atomic mass is 10.2. The second-order valence-electron chi connectivity index (χ2n) is 16.7. The van der Waals surface area contributed by atoms with Gasteiger partial charge in [0, 0.05) is 0 Å². The van der Waals surface area contributed by atoms with Gasteiger partial charge < -0.3 is 39.2 Å². The van der Waals surface area contributed by atoms with E-state index in [9.17, 15) is 4.57 Å². The van der Waals surface area contributed by atoms with Gasteiger partial charge in [-0.2, -0.15) is 0 Å². The van der Waals surface area contributed by atoms with E-state index in [1.165, 1.54) is 233 Å². The molecule has 0 bridgehead atoms. The van der Waals surface area contributed by atoms with Gasteiger partial charge in [-0.15, -0.1) is 0 Å². The van der Waals surface area contributed by atoms with E-state index in [2.05, 4.69) is 107 Å². The number of unbranched alkanes of at least 4 members (excludes halogenated alkanes) is 12. The largest absolute Gasteiger partial charge is 0.477 e. The molecular weight excluding hydrogens is 805 g/mol. The predicted molar refractivity (Wildman–Crippen MR) is 272 cm³/mol. The molecule has 0 aliphatic rings. The van der Waals surface area contributed by atoms with Crippen LogP contribution >= 0.6 is 15.6 Å². The Hall–Kier alpha value is 0.100. The van der Waals surface area contributed by atoms with Gasteiger partial charge in [0.1, 0.15) is 0 Å². The Bertz CT molecular complexity index is 691. The van der Waals surface area contributed by atoms with Crippen LogP contribution in [0.2, 0.25) is 0 Å². The molecule has 61 heavy (non-hydrogen) atoms. The van der Waals surface area contributed by atoms with Crippen LogP contribution in [0.25, 0.3) is 0 Å². The minimum atomic E-state index is -4.93. The number of nitrogens with zero attached hydrogens (tertiary/aromatic N) is 4. The van der Waals surface area contributed by atoms with E-state index in [1.807, 2.05) is 0 Å². The van der Waals surface area contributed by atoms with Gasteiger partial charge in [0.05, 0.1) is 0 Å². The molecule has 0 fully saturated rings. The lowest BCUT2D eigenvalue weighted by molar-refractivity contribution is 0.253. The molecule has 13 heteroatoms. The monoisotopic (exact) mass is 918 g/mol. The first-order chi connectivity index (χ1) is 29.1. The van der Waals surface area contributed by atoms with Gasteiger partial charge in [0.25, 0.3) is 0 Å². The van der Waals surface area contributed by atoms with Crippen molar-refractivity contribution in [2.75, 3.05) is 78.5 Å². The summed E-state index contributed by atoms with van der Waals surface area (Å²) in [7, 11) is -9.48. The average molecular weight is 918 g/mol. The first kappa shape index (κ1) is 70.1. The van der Waals surface area contributed by atoms with Crippen molar-refractivity contribution in [3.63, 3.8) is 0 Å². The second-order valence-corrected chi connectivity index (χ2v) is 19.4. The van der Waals surface area contributed by atoms with Gasteiger partial charge in [0.15, 0.2) is 0 Å². The molecule has 0 unspecified atom stereocenters. The Labute approximate surface area is 383 Å². The molecule has 0 rings (SSSR count). The molecule has 0 aliphatic heterocycles. The molecule has 0 amide bonds. The smallest absolute Gasteiger partial charge is 0.318 e. The van der Waals surface area contributed by atoms with Gasteiger partial charge in [-0.25, -0.2) is 14.0 Å². The first-order valence-corrected chi connectivity index (χ1v) is 29.0. The summed E-state index contributed by atoms with van der Waals surface area (Å²) in [4.78, 5) is 42.1. The van der Waals surface area contributed by atoms with E-state index < -0.39 is 15.6 Å². The molecule has 0 aromatic heterocycles. The fourth-order valence-electron chi connectivity index (χ4n) is 6.07. The van der Waals surface area contributed by atoms with Crippen LogP contribution in [0.4, 0.5) is 0 Å². The lowest BCUT2D eigenvalue weighted by Crippen LogP contribution is -2.27. The zero-order valence-corrected chi connectivity index (χ0v) is 45.0. The SMILES string of the molecule is CCCCN(CCCC)CCCC.CCCCN(CCCC)CCCC.CCCCN(CCCC)CCCC.CCCCN(CCCC)CCCC.N=P(O)(O)OP(=O)(O)O. The van der Waals surface area contributed by atoms with Crippen molar-refractivity contribution in [1.82, 2.24) is 19.6 Å². The van der Waals surface area contributed by atoms with Gasteiger partial charge in [-0.1, -0.05) is 160 Å². The van der Waals surface area contributed by atoms with E-state index in [4.69, 9.17) is 24.7 Å². The highest BCUT2D eigenvalue weighted by atomic mass is 31.3. The maximum atomic E-state index is 9.71. The quantitative estimate of drug-likeness (QED) is 0.0380. The highest BCUT2D eigenvalue weighted by Crippen LogP contribution is 2.54. The van der Waals surface area contributed by atoms with Gasteiger partial charge in [-0.3, -0.25) is 0 Å². The van der Waals surface area contributed by atoms with Crippen LogP contribution in [0.5, 0.6) is 0 Å². The summed E-state index contributed by atoms with van der Waals surface area (Å²) >= 11 is 0. The summed E-state index contributed by atoms with van der Waals surface area (Å²) in [5.74, 6) is 0. The first-order valence-electron chi connectivity index (χ1n) is 25.9. The second kappa shape index (κ2) is 56.2. The standard InChI is InChI=1S/4C12H27N.H5NO6P2/c4*1-4-7-10-13(11-8-5-2)12-9-6-3;1-8(2,3)7-9(4,5)6/h4*4-12H2,1-3H3;(H3,1,2,3)(H2,4,5,6). The predicted octanol–water partition coefficient (Wildman–Crippen LogP) is 14.4. The van der Waals surface area contributed by atoms with E-state index in [1.54, 1.807) is 0 Å². The van der Waals surface area contributed by atoms with E-state index in [-0.39, 0.29) is 0 Å². The average Bonchev–Trinajstić information content (AvgIpc) is 3.22. The molecule has 0 aromatic carbocycles. The Morgan fingerprint density at radius 3 is 0.475 bits per heavy atom. The van der Waals surface area contributed by atoms with E-state index >= 15 is 0 Å². The summed E-state index contributed by atoms with van der Waals surface area (Å²) < 4.78 is 12.9. The van der Waals surface area contributed by atoms with Crippen molar-refractivity contribution in [2.24, 2.45) is 0 Å². The molecule has 0 atom stereocenters. The zero-order chi connectivity index (χ0) is 47.5. The third kappa shape index (κ3) is 69.3. The molecule has 0 radical (unpaired) electrons. The topological polar surface area (TPSA) is 144 Å². The summed E-state index contributed by atoms with van der Waals surface area (Å²) in [5, 5.41) is 6.10. The minimum Gasteiger partial charge on any atom is -0.318 e. The third-order valence-electron chi connectivity index (χ3n) is 10.2. The van der Waals surface area contributed by atoms with Crippen LogP contribution in [0.3, 0.4) is 0 Å². The molecule has 0 heterocycles. The van der Waals surface area contributed by atoms with Gasteiger partial charge >= 0.3 is 15.6 Å². The van der Waals surface area contributed by atoms with Crippen LogP contribution in [0.15, 0.2) is 0 Å². The molecule has 0 aromatic rings. The van der Waals surface area contributed by atoms with E-state index in [0.29, 0.717) is 0 Å². The highest BCUT2D eigenvalue weighted by Gasteiger charge is 2.24. The summed E-state index contributed by atoms with van der Waals surface area (Å²) in [5.41, 5.74) is 0. The van der Waals surface area contributed by atoms with Crippen molar-refractivity contribution in [3.05, 3.63) is 0 Å². The van der Waals surface area contributed by atoms with Crippen LogP contribution in [0, 0.1) is 5.16 Å². The minimum absolute atomic E-state index is 1.32. The fourth-order valence-corrected chi connectivity index (χ4v) is 7.26. The Balaban J connectivity index is -0.000000215. The lowest BCUT2D eigenvalue weighted by Gasteiger charge is -2.21. The van der Waals surface area contributed by atoms with Crippen molar-refractivity contribution >= 4 is 15.6 Å². The highest BCUT2D eigenvalue weighted by molar-refractivity contribution is 7.60. The van der Waals surface area contributed by atoms with Crippen LogP contribution in [-0.2, 0) is 8.88 Å². The number of rotatable bonds is 38. The molecular formula is C48H113N5O6P2. The Kier molecular flexibility index (Phi) is 64.6. The number of phosphoric acid groups is 1. The fraction of sp³-hybridized carbons (Fsp3) is 1.00. The van der Waals surface area contributed by atoms with Gasteiger partial charge in [0.2, 0.25) is 0 Å². The molecule has 376 valence electrons. The van der Waals surface area contributed by atoms with E-state index in [0.717, 1.165) is 0 Å². The summed E-state index contributed by atoms with van der Waals surface area (Å²) in [6, 6.07) is 0. The van der Waals surface area contributed by atoms with Crippen LogP contribution in [-0.4, -0.2) is 118 Å². The zero-order valence-electron chi connectivity index (χ0n) is 43.2. The Morgan fingerprint density at radius 1 is 0.311 bits per heavy atom. The van der Waals surface area contributed by atoms with Crippen molar-refractivity contribution in [2.45, 2.75) is 237 Å². The number of hydrogen-bond donors (Lipinski definition) is 5. The molecule has 5 N–H and O–H groups in total. The maximum absolute atomic E-state index is 9.71. The summed E-state index contributed by atoms with van der Waals surface area (Å²) in [6.45, 7) is 43.1. The van der Waals surface area contributed by atoms with Crippen LogP contribution in [0.1, 0.15) is 237 Å². The number of hydrogen-bond acceptors (Lipinski definition) is 7. The molecule has 11 nitrogen and oxygen atoms in total. The van der Waals surface area contributed by atoms with Crippen LogP contribution < -0.4 is 0 Å². The maximum Gasteiger partial charge on any atom is 0.477 e. The third-order valence-corrected chi connectivity index (χ3v) is 11.9.